The Bertz CT molecular complexity index is 206. The summed E-state index contributed by atoms with van der Waals surface area (Å²) in [6.07, 6.45) is -3.06. The van der Waals surface area contributed by atoms with Gasteiger partial charge in [-0.3, -0.25) is 0 Å². The largest absolute Gasteiger partial charge is 0.369 e. The maximum absolute atomic E-state index is 10.6. The minimum atomic E-state index is -1.60. The Kier molecular flexibility index (Phi) is 1.67. The molecule has 0 radical (unpaired) electrons. The number of carbonyl (C=O) groups is 2. The first-order valence-electron chi connectivity index (χ1n) is 2.79. The number of aliphatic hydroxyl groups excluding tert-OH is 2. The van der Waals surface area contributed by atoms with Crippen molar-refractivity contribution in [1.82, 2.24) is 10.2 Å². The molecule has 62 valence electrons. The molecule has 1 aliphatic rings. The highest BCUT2D eigenvalue weighted by Gasteiger charge is 2.40. The Morgan fingerprint density at radius 1 is 1.64 bits per heavy atom. The zero-order chi connectivity index (χ0) is 8.59. The van der Waals surface area contributed by atoms with Gasteiger partial charge in [0.15, 0.2) is 12.5 Å². The number of hydrogen-bond donors (Lipinski definition) is 4. The summed E-state index contributed by atoms with van der Waals surface area (Å²) in [5.74, 6) is 0. The summed E-state index contributed by atoms with van der Waals surface area (Å²) >= 11 is 0. The lowest BCUT2D eigenvalue weighted by Gasteiger charge is -2.13. The van der Waals surface area contributed by atoms with E-state index in [9.17, 15) is 9.59 Å². The summed E-state index contributed by atoms with van der Waals surface area (Å²) in [5.41, 5.74) is 4.70. The van der Waals surface area contributed by atoms with Gasteiger partial charge in [0, 0.05) is 0 Å². The second kappa shape index (κ2) is 2.36. The Morgan fingerprint density at radius 3 is 2.36 bits per heavy atom. The highest BCUT2D eigenvalue weighted by Crippen LogP contribution is 2.07. The van der Waals surface area contributed by atoms with Gasteiger partial charge in [0.25, 0.3) is 0 Å². The van der Waals surface area contributed by atoms with Gasteiger partial charge in [-0.25, -0.2) is 14.5 Å². The third-order valence-corrected chi connectivity index (χ3v) is 1.27. The van der Waals surface area contributed by atoms with E-state index in [1.165, 1.54) is 0 Å². The van der Waals surface area contributed by atoms with Gasteiger partial charge >= 0.3 is 12.1 Å². The van der Waals surface area contributed by atoms with Crippen molar-refractivity contribution in [1.29, 1.82) is 0 Å². The molecule has 0 aliphatic carbocycles. The molecule has 1 rings (SSSR count). The Balaban J connectivity index is 2.79. The lowest BCUT2D eigenvalue weighted by atomic mass is 10.5. The van der Waals surface area contributed by atoms with Crippen molar-refractivity contribution in [2.45, 2.75) is 12.5 Å². The Labute approximate surface area is 61.4 Å². The number of nitrogens with zero attached hydrogens (tertiary/aromatic N) is 1. The third-order valence-electron chi connectivity index (χ3n) is 1.27. The number of carbonyl (C=O) groups excluding carboxylic acids is 2. The quantitative estimate of drug-likeness (QED) is 0.320. The number of urea groups is 2. The fourth-order valence-electron chi connectivity index (χ4n) is 0.762. The maximum Gasteiger partial charge on any atom is 0.330 e. The number of amides is 4. The van der Waals surface area contributed by atoms with Crippen LogP contribution in [0.2, 0.25) is 0 Å². The summed E-state index contributed by atoms with van der Waals surface area (Å²) in [7, 11) is 0. The molecule has 1 aliphatic heterocycles. The van der Waals surface area contributed by atoms with Gasteiger partial charge in [0.05, 0.1) is 0 Å². The molecule has 2 atom stereocenters. The van der Waals surface area contributed by atoms with Crippen LogP contribution in [0, 0.1) is 0 Å². The van der Waals surface area contributed by atoms with Gasteiger partial charge in [0.1, 0.15) is 0 Å². The number of hydrogen-bond acceptors (Lipinski definition) is 4. The van der Waals surface area contributed by atoms with E-state index >= 15 is 0 Å². The van der Waals surface area contributed by atoms with Crippen LogP contribution < -0.4 is 11.1 Å². The van der Waals surface area contributed by atoms with Crippen LogP contribution in [0.4, 0.5) is 9.59 Å². The monoisotopic (exact) mass is 161 g/mol. The van der Waals surface area contributed by atoms with Crippen LogP contribution in [-0.4, -0.2) is 39.6 Å². The molecule has 5 N–H and O–H groups in total. The van der Waals surface area contributed by atoms with Gasteiger partial charge in [0.2, 0.25) is 0 Å². The van der Waals surface area contributed by atoms with E-state index in [0.29, 0.717) is 4.90 Å². The molecule has 1 saturated heterocycles. The lowest BCUT2D eigenvalue weighted by Crippen LogP contribution is -2.44. The molecule has 1 fully saturated rings. The molecule has 0 spiro atoms. The molecular weight excluding hydrogens is 154 g/mol. The molecule has 1 heterocycles. The second-order valence-electron chi connectivity index (χ2n) is 2.02. The van der Waals surface area contributed by atoms with Crippen LogP contribution >= 0.6 is 0 Å². The molecule has 0 aromatic carbocycles. The summed E-state index contributed by atoms with van der Waals surface area (Å²) in [6.45, 7) is 0. The van der Waals surface area contributed by atoms with Gasteiger partial charge < -0.3 is 21.3 Å². The molecular formula is C4H7N3O4. The molecule has 4 amide bonds. The SMILES string of the molecule is NC(=O)N1C(=O)N[C@H](O)[C@@H]1O. The molecule has 0 bridgehead atoms. The standard InChI is InChI=1S/C4H7N3O4/c5-3(10)7-2(9)1(8)6-4(7)11/h1-2,8-9H,(H2,5,10)(H,6,11)/t1-,2+/m1/s1. The second-order valence-corrected chi connectivity index (χ2v) is 2.02. The molecule has 11 heavy (non-hydrogen) atoms. The van der Waals surface area contributed by atoms with E-state index in [-0.39, 0.29) is 0 Å². The van der Waals surface area contributed by atoms with Crippen molar-refractivity contribution >= 4 is 12.1 Å². The summed E-state index contributed by atoms with van der Waals surface area (Å²) in [5, 5.41) is 19.5. The number of primary amides is 1. The van der Waals surface area contributed by atoms with Crippen LogP contribution in [0.5, 0.6) is 0 Å². The first-order chi connectivity index (χ1) is 5.04. The van der Waals surface area contributed by atoms with Gasteiger partial charge in [-0.1, -0.05) is 0 Å². The molecule has 7 nitrogen and oxygen atoms in total. The zero-order valence-electron chi connectivity index (χ0n) is 5.39. The molecule has 7 heteroatoms. The van der Waals surface area contributed by atoms with E-state index in [4.69, 9.17) is 15.9 Å². The predicted octanol–water partition coefficient (Wildman–Crippen LogP) is -2.27. The fourth-order valence-corrected chi connectivity index (χ4v) is 0.762. The average Bonchev–Trinajstić information content (AvgIpc) is 2.07. The van der Waals surface area contributed by atoms with Crippen LogP contribution in [-0.2, 0) is 0 Å². The fraction of sp³-hybridized carbons (Fsp3) is 0.500. The molecule has 0 aromatic rings. The Morgan fingerprint density at radius 2 is 2.18 bits per heavy atom. The minimum Gasteiger partial charge on any atom is -0.369 e. The predicted molar refractivity (Wildman–Crippen MR) is 32.0 cm³/mol. The van der Waals surface area contributed by atoms with E-state index in [0.717, 1.165) is 0 Å². The molecule has 0 aromatic heterocycles. The van der Waals surface area contributed by atoms with Gasteiger partial charge in [-0.15, -0.1) is 0 Å². The van der Waals surface area contributed by atoms with E-state index in [2.05, 4.69) is 0 Å². The minimum absolute atomic E-state index is 0.324. The lowest BCUT2D eigenvalue weighted by molar-refractivity contribution is -0.0185. The van der Waals surface area contributed by atoms with Crippen LogP contribution in [0.25, 0.3) is 0 Å². The van der Waals surface area contributed by atoms with Crippen molar-refractivity contribution < 1.29 is 19.8 Å². The van der Waals surface area contributed by atoms with Crippen molar-refractivity contribution in [2.24, 2.45) is 5.73 Å². The smallest absolute Gasteiger partial charge is 0.330 e. The topological polar surface area (TPSA) is 116 Å². The van der Waals surface area contributed by atoms with E-state index in [1.54, 1.807) is 0 Å². The van der Waals surface area contributed by atoms with E-state index < -0.39 is 24.5 Å². The highest BCUT2D eigenvalue weighted by atomic mass is 16.4. The van der Waals surface area contributed by atoms with Crippen LogP contribution in [0.1, 0.15) is 0 Å². The van der Waals surface area contributed by atoms with Crippen molar-refractivity contribution in [3.63, 3.8) is 0 Å². The normalized spacial score (nSPS) is 30.4. The number of aliphatic hydroxyl groups is 2. The van der Waals surface area contributed by atoms with Crippen molar-refractivity contribution in [2.75, 3.05) is 0 Å². The van der Waals surface area contributed by atoms with E-state index in [1.807, 2.05) is 5.32 Å². The Hall–Kier alpha value is -1.34. The average molecular weight is 161 g/mol. The maximum atomic E-state index is 10.6. The molecule has 0 unspecified atom stereocenters. The first-order valence-corrected chi connectivity index (χ1v) is 2.79. The highest BCUT2D eigenvalue weighted by molar-refractivity contribution is 5.94. The van der Waals surface area contributed by atoms with Crippen molar-refractivity contribution in [3.05, 3.63) is 0 Å². The number of nitrogens with one attached hydrogen (secondary N) is 1. The summed E-state index contributed by atoms with van der Waals surface area (Å²) in [6, 6.07) is -2.01. The summed E-state index contributed by atoms with van der Waals surface area (Å²) < 4.78 is 0. The summed E-state index contributed by atoms with van der Waals surface area (Å²) in [4.78, 5) is 21.3. The van der Waals surface area contributed by atoms with Gasteiger partial charge in [-0.05, 0) is 0 Å². The number of rotatable bonds is 0. The third kappa shape index (κ3) is 1.10. The molecule has 0 saturated carbocycles. The van der Waals surface area contributed by atoms with Gasteiger partial charge in [-0.2, -0.15) is 0 Å². The zero-order valence-corrected chi connectivity index (χ0v) is 5.39. The van der Waals surface area contributed by atoms with Crippen molar-refractivity contribution in [3.8, 4) is 0 Å². The first kappa shape index (κ1) is 7.76. The van der Waals surface area contributed by atoms with Crippen LogP contribution in [0.15, 0.2) is 0 Å². The number of imide groups is 1. The number of nitrogens with two attached hydrogens (primary N) is 1. The van der Waals surface area contributed by atoms with Crippen LogP contribution in [0.3, 0.4) is 0 Å².